The van der Waals surface area contributed by atoms with Crippen LogP contribution >= 0.6 is 11.3 Å². The molecule has 1 aromatic carbocycles. The van der Waals surface area contributed by atoms with Gasteiger partial charge in [-0.1, -0.05) is 18.2 Å². The minimum absolute atomic E-state index is 0.0766. The third-order valence-corrected chi connectivity index (χ3v) is 3.94. The highest BCUT2D eigenvalue weighted by Crippen LogP contribution is 2.22. The zero-order valence-corrected chi connectivity index (χ0v) is 13.6. The van der Waals surface area contributed by atoms with Gasteiger partial charge in [0.1, 0.15) is 5.69 Å². The fourth-order valence-corrected chi connectivity index (χ4v) is 2.61. The number of rotatable bonds is 7. The Bertz CT molecular complexity index is 658. The van der Waals surface area contributed by atoms with Crippen LogP contribution in [-0.2, 0) is 6.54 Å². The van der Waals surface area contributed by atoms with Crippen molar-refractivity contribution in [1.82, 2.24) is 10.6 Å². The summed E-state index contributed by atoms with van der Waals surface area (Å²) < 4.78 is 0. The summed E-state index contributed by atoms with van der Waals surface area (Å²) in [4.78, 5) is 15.9. The molecule has 0 bridgehead atoms. The summed E-state index contributed by atoms with van der Waals surface area (Å²) in [7, 11) is 1.71. The molecule has 0 aliphatic rings. The molecule has 0 fully saturated rings. The quantitative estimate of drug-likeness (QED) is 0.238. The van der Waals surface area contributed by atoms with Crippen molar-refractivity contribution in [3.05, 3.63) is 56.8 Å². The number of hydrogen-bond donors (Lipinski definition) is 3. The molecule has 0 amide bonds. The lowest BCUT2D eigenvalue weighted by molar-refractivity contribution is -0.384. The first-order valence-corrected chi connectivity index (χ1v) is 8.03. The third kappa shape index (κ3) is 5.26. The smallest absolute Gasteiger partial charge is 0.292 e. The number of para-hydroxylation sites is 2. The van der Waals surface area contributed by atoms with Crippen LogP contribution in [0.4, 0.5) is 11.4 Å². The maximum absolute atomic E-state index is 10.9. The molecular formula is C15H19N5O2S. The highest BCUT2D eigenvalue weighted by Gasteiger charge is 2.11. The van der Waals surface area contributed by atoms with Gasteiger partial charge in [0.15, 0.2) is 5.96 Å². The van der Waals surface area contributed by atoms with Crippen molar-refractivity contribution in [3.8, 4) is 0 Å². The molecule has 0 atom stereocenters. The molecule has 0 radical (unpaired) electrons. The highest BCUT2D eigenvalue weighted by molar-refractivity contribution is 7.09. The molecule has 0 unspecified atom stereocenters. The summed E-state index contributed by atoms with van der Waals surface area (Å²) in [6, 6.07) is 10.7. The lowest BCUT2D eigenvalue weighted by atomic mass is 10.2. The topological polar surface area (TPSA) is 91.6 Å². The molecule has 1 heterocycles. The van der Waals surface area contributed by atoms with Crippen LogP contribution in [0.1, 0.15) is 4.88 Å². The van der Waals surface area contributed by atoms with Gasteiger partial charge in [-0.2, -0.15) is 0 Å². The SMILES string of the molecule is CN=C(NCCNc1ccccc1[N+](=O)[O-])NCc1cccs1. The van der Waals surface area contributed by atoms with Crippen molar-refractivity contribution in [2.24, 2.45) is 4.99 Å². The van der Waals surface area contributed by atoms with Crippen LogP contribution in [-0.4, -0.2) is 31.0 Å². The minimum atomic E-state index is -0.392. The first-order chi connectivity index (χ1) is 11.2. The van der Waals surface area contributed by atoms with Crippen LogP contribution < -0.4 is 16.0 Å². The Kier molecular flexibility index (Phi) is 6.37. The second-order valence-electron chi connectivity index (χ2n) is 4.63. The highest BCUT2D eigenvalue weighted by atomic mass is 32.1. The molecule has 0 spiro atoms. The molecule has 2 aromatic rings. The molecule has 0 aliphatic heterocycles. The fourth-order valence-electron chi connectivity index (χ4n) is 1.97. The number of nitro groups is 1. The maximum Gasteiger partial charge on any atom is 0.292 e. The zero-order chi connectivity index (χ0) is 16.5. The lowest BCUT2D eigenvalue weighted by Crippen LogP contribution is -2.39. The van der Waals surface area contributed by atoms with Gasteiger partial charge >= 0.3 is 0 Å². The Hall–Kier alpha value is -2.61. The molecule has 23 heavy (non-hydrogen) atoms. The first-order valence-electron chi connectivity index (χ1n) is 7.15. The maximum atomic E-state index is 10.9. The summed E-state index contributed by atoms with van der Waals surface area (Å²) in [6.07, 6.45) is 0. The van der Waals surface area contributed by atoms with Crippen LogP contribution in [0.2, 0.25) is 0 Å². The van der Waals surface area contributed by atoms with E-state index in [2.05, 4.69) is 27.0 Å². The van der Waals surface area contributed by atoms with Gasteiger partial charge in [0, 0.05) is 31.1 Å². The number of aliphatic imine (C=N–C) groups is 1. The summed E-state index contributed by atoms with van der Waals surface area (Å²) in [5, 5.41) is 22.4. The van der Waals surface area contributed by atoms with Gasteiger partial charge < -0.3 is 16.0 Å². The van der Waals surface area contributed by atoms with Gasteiger partial charge in [0.25, 0.3) is 5.69 Å². The van der Waals surface area contributed by atoms with Crippen molar-refractivity contribution in [2.45, 2.75) is 6.54 Å². The van der Waals surface area contributed by atoms with E-state index in [-0.39, 0.29) is 5.69 Å². The number of benzene rings is 1. The second-order valence-corrected chi connectivity index (χ2v) is 5.67. The molecular weight excluding hydrogens is 314 g/mol. The van der Waals surface area contributed by atoms with Gasteiger partial charge in [0.2, 0.25) is 0 Å². The summed E-state index contributed by atoms with van der Waals surface area (Å²) in [5.41, 5.74) is 0.591. The van der Waals surface area contributed by atoms with E-state index in [0.717, 1.165) is 6.54 Å². The minimum Gasteiger partial charge on any atom is -0.378 e. The standard InChI is InChI=1S/C15H19N5O2S/c1-16-15(19-11-12-5-4-10-23-12)18-9-8-17-13-6-2-3-7-14(13)20(21)22/h2-7,10,17H,8-9,11H2,1H3,(H2,16,18,19). The average Bonchev–Trinajstić information content (AvgIpc) is 3.08. The van der Waals surface area contributed by atoms with Crippen LogP contribution in [0.15, 0.2) is 46.8 Å². The van der Waals surface area contributed by atoms with Gasteiger partial charge in [-0.15, -0.1) is 11.3 Å². The molecule has 7 nitrogen and oxygen atoms in total. The largest absolute Gasteiger partial charge is 0.378 e. The van der Waals surface area contributed by atoms with Gasteiger partial charge in [-0.05, 0) is 17.5 Å². The van der Waals surface area contributed by atoms with Crippen LogP contribution in [0.5, 0.6) is 0 Å². The van der Waals surface area contributed by atoms with Crippen LogP contribution in [0.25, 0.3) is 0 Å². The van der Waals surface area contributed by atoms with E-state index in [1.54, 1.807) is 36.6 Å². The number of nitrogens with zero attached hydrogens (tertiary/aromatic N) is 2. The van der Waals surface area contributed by atoms with E-state index in [1.165, 1.54) is 10.9 Å². The van der Waals surface area contributed by atoms with Gasteiger partial charge in [-0.3, -0.25) is 15.1 Å². The summed E-state index contributed by atoms with van der Waals surface area (Å²) >= 11 is 1.68. The zero-order valence-electron chi connectivity index (χ0n) is 12.8. The molecule has 0 saturated heterocycles. The van der Waals surface area contributed by atoms with Crippen molar-refractivity contribution >= 4 is 28.7 Å². The van der Waals surface area contributed by atoms with Crippen molar-refractivity contribution < 1.29 is 4.92 Å². The van der Waals surface area contributed by atoms with Crippen molar-refractivity contribution in [1.29, 1.82) is 0 Å². The van der Waals surface area contributed by atoms with E-state index in [1.807, 2.05) is 11.4 Å². The Balaban J connectivity index is 1.75. The summed E-state index contributed by atoms with van der Waals surface area (Å²) in [6.45, 7) is 1.86. The lowest BCUT2D eigenvalue weighted by Gasteiger charge is -2.12. The van der Waals surface area contributed by atoms with Gasteiger partial charge in [0.05, 0.1) is 11.5 Å². The van der Waals surface area contributed by atoms with Crippen molar-refractivity contribution in [2.75, 3.05) is 25.5 Å². The normalized spacial score (nSPS) is 11.1. The Morgan fingerprint density at radius 1 is 1.22 bits per heavy atom. The molecule has 0 aliphatic carbocycles. The molecule has 3 N–H and O–H groups in total. The number of nitrogens with one attached hydrogen (secondary N) is 3. The van der Waals surface area contributed by atoms with Crippen LogP contribution in [0.3, 0.4) is 0 Å². The van der Waals surface area contributed by atoms with E-state index in [0.29, 0.717) is 24.7 Å². The van der Waals surface area contributed by atoms with Gasteiger partial charge in [-0.25, -0.2) is 0 Å². The molecule has 122 valence electrons. The predicted octanol–water partition coefficient (Wildman–Crippen LogP) is 2.43. The molecule has 2 rings (SSSR count). The number of thiophene rings is 1. The number of nitro benzene ring substituents is 1. The monoisotopic (exact) mass is 333 g/mol. The fraction of sp³-hybridized carbons (Fsp3) is 0.267. The predicted molar refractivity (Wildman–Crippen MR) is 94.1 cm³/mol. The molecule has 0 saturated carbocycles. The van der Waals surface area contributed by atoms with Crippen LogP contribution in [0, 0.1) is 10.1 Å². The third-order valence-electron chi connectivity index (χ3n) is 3.07. The van der Waals surface area contributed by atoms with E-state index >= 15 is 0 Å². The Morgan fingerprint density at radius 2 is 2.04 bits per heavy atom. The number of guanidine groups is 1. The van der Waals surface area contributed by atoms with E-state index in [9.17, 15) is 10.1 Å². The van der Waals surface area contributed by atoms with Crippen molar-refractivity contribution in [3.63, 3.8) is 0 Å². The summed E-state index contributed by atoms with van der Waals surface area (Å²) in [5.74, 6) is 0.697. The molecule has 8 heteroatoms. The molecule has 1 aromatic heterocycles. The van der Waals surface area contributed by atoms with E-state index in [4.69, 9.17) is 0 Å². The van der Waals surface area contributed by atoms with E-state index < -0.39 is 4.92 Å². The average molecular weight is 333 g/mol. The first kappa shape index (κ1) is 16.8. The Morgan fingerprint density at radius 3 is 2.74 bits per heavy atom. The Labute approximate surface area is 138 Å². The number of anilines is 1. The number of hydrogen-bond acceptors (Lipinski definition) is 5. The second kappa shape index (κ2) is 8.74.